The predicted molar refractivity (Wildman–Crippen MR) is 204 cm³/mol. The van der Waals surface area contributed by atoms with E-state index in [2.05, 4.69) is 103 Å². The summed E-state index contributed by atoms with van der Waals surface area (Å²) in [4.78, 5) is 43.3. The van der Waals surface area contributed by atoms with E-state index in [1.54, 1.807) is 65.1 Å². The summed E-state index contributed by atoms with van der Waals surface area (Å²) in [6.45, 7) is 9.55. The van der Waals surface area contributed by atoms with Crippen LogP contribution in [-0.4, -0.2) is 114 Å². The molecule has 7 rings (SSSR count). The van der Waals surface area contributed by atoms with Crippen molar-refractivity contribution in [2.75, 3.05) is 85.4 Å². The number of piperazine rings is 1. The Morgan fingerprint density at radius 3 is 1.55 bits per heavy atom. The molecule has 24 heteroatoms. The van der Waals surface area contributed by atoms with E-state index in [0.29, 0.717) is 72.7 Å². The first-order chi connectivity index (χ1) is 27.5. The van der Waals surface area contributed by atoms with E-state index in [-0.39, 0.29) is 34.8 Å². The molecule has 1 aliphatic heterocycles. The Hall–Kier alpha value is -8.28. The fraction of sp³-hybridized carbons (Fsp3) is 0.250. The van der Waals surface area contributed by atoms with Crippen molar-refractivity contribution in [3.8, 4) is 18.0 Å². The van der Waals surface area contributed by atoms with E-state index < -0.39 is 0 Å². The summed E-state index contributed by atoms with van der Waals surface area (Å²) >= 11 is 0. The van der Waals surface area contributed by atoms with E-state index in [1.807, 2.05) is 0 Å². The minimum absolute atomic E-state index is 0.142. The first kappa shape index (κ1) is 36.1. The lowest BCUT2D eigenvalue weighted by atomic mass is 10.2. The summed E-state index contributed by atoms with van der Waals surface area (Å²) in [6.07, 6.45) is 9.02. The predicted octanol–water partition coefficient (Wildman–Crippen LogP) is 3.96. The Bertz CT molecular complexity index is 2300. The minimum atomic E-state index is 0.142. The van der Waals surface area contributed by atoms with E-state index in [9.17, 15) is 5.26 Å². The van der Waals surface area contributed by atoms with Gasteiger partial charge in [-0.05, 0) is 12.1 Å². The molecule has 1 fully saturated rings. The molecule has 0 spiro atoms. The van der Waals surface area contributed by atoms with Gasteiger partial charge in [0.1, 0.15) is 11.6 Å². The molecule has 280 valence electrons. The zero-order valence-corrected chi connectivity index (χ0v) is 30.4. The maximum atomic E-state index is 9.82. The second-order valence-electron chi connectivity index (χ2n) is 11.4. The number of aromatic nitrogens is 12. The summed E-state index contributed by atoms with van der Waals surface area (Å²) in [7, 11) is 6.89. The standard InChI is InChI=1S/C32H32N24/c1-34-20-18-44-56(32-41-10-7-11-42-32)26(20)52-50-22-24(36-3)46-30(38-5)48-28(22)54-14-12-53(13-15-54)27-21(23(35-2)45-29(37-4)47-27)49-51-25-19(16-33)17-43-55(25)31-39-8-6-9-40-31/h6-11,17-18H,12-15H2,2-5H3,(H2,35,37,45,47)(H2,36,38,46,48)/b51-49+,52-50+. The molecule has 7 heterocycles. The molecule has 6 aromatic rings. The van der Waals surface area contributed by atoms with E-state index >= 15 is 0 Å². The van der Waals surface area contributed by atoms with Crippen molar-refractivity contribution in [1.29, 1.82) is 5.26 Å². The van der Waals surface area contributed by atoms with Crippen LogP contribution in [-0.2, 0) is 0 Å². The molecule has 0 saturated carbocycles. The number of hydrogen-bond donors (Lipinski definition) is 4. The lowest BCUT2D eigenvalue weighted by Crippen LogP contribution is -2.47. The number of anilines is 6. The third-order valence-electron chi connectivity index (χ3n) is 8.21. The molecule has 24 nitrogen and oxygen atoms in total. The lowest BCUT2D eigenvalue weighted by Gasteiger charge is -2.37. The number of rotatable bonds is 12. The van der Waals surface area contributed by atoms with Gasteiger partial charge in [-0.25, -0.2) is 24.8 Å². The minimum Gasteiger partial charge on any atom is -0.371 e. The molecule has 6 aromatic heterocycles. The second-order valence-corrected chi connectivity index (χ2v) is 11.4. The molecule has 1 saturated heterocycles. The summed E-state index contributed by atoms with van der Waals surface area (Å²) in [5.74, 6) is 3.28. The largest absolute Gasteiger partial charge is 0.371 e. The third-order valence-corrected chi connectivity index (χ3v) is 8.21. The fourth-order valence-electron chi connectivity index (χ4n) is 5.52. The van der Waals surface area contributed by atoms with Crippen LogP contribution < -0.4 is 31.1 Å². The van der Waals surface area contributed by atoms with Crippen molar-refractivity contribution in [1.82, 2.24) is 59.4 Å². The molecule has 0 radical (unpaired) electrons. The molecular formula is C32H32N24. The molecule has 0 unspecified atom stereocenters. The van der Waals surface area contributed by atoms with Crippen molar-refractivity contribution >= 4 is 63.9 Å². The number of nitrogens with zero attached hydrogens (tertiary/aromatic N) is 20. The third kappa shape index (κ3) is 7.07. The van der Waals surface area contributed by atoms with Crippen molar-refractivity contribution in [3.05, 3.63) is 66.3 Å². The van der Waals surface area contributed by atoms with Crippen molar-refractivity contribution in [2.24, 2.45) is 20.5 Å². The van der Waals surface area contributed by atoms with Gasteiger partial charge in [-0.2, -0.15) is 44.8 Å². The van der Waals surface area contributed by atoms with Gasteiger partial charge in [0.15, 0.2) is 46.3 Å². The highest BCUT2D eigenvalue weighted by molar-refractivity contribution is 5.78. The van der Waals surface area contributed by atoms with Gasteiger partial charge in [0, 0.05) is 79.2 Å². The summed E-state index contributed by atoms with van der Waals surface area (Å²) < 4.78 is 2.68. The normalized spacial score (nSPS) is 12.8. The van der Waals surface area contributed by atoms with Crippen LogP contribution in [0.4, 0.5) is 63.9 Å². The number of nitriles is 1. The van der Waals surface area contributed by atoms with Crippen LogP contribution >= 0.6 is 0 Å². The number of hydrogen-bond acceptors (Lipinski definition) is 21. The Labute approximate surface area is 318 Å². The quantitative estimate of drug-likeness (QED) is 0.102. The Balaban J connectivity index is 1.22. The fourth-order valence-corrected chi connectivity index (χ4v) is 5.52. The van der Waals surface area contributed by atoms with Crippen LogP contribution in [0, 0.1) is 17.9 Å². The zero-order chi connectivity index (χ0) is 39.0. The summed E-state index contributed by atoms with van der Waals surface area (Å²) in [5, 5.41) is 48.6. The average molecular weight is 753 g/mol. The molecule has 1 aliphatic rings. The highest BCUT2D eigenvalue weighted by Crippen LogP contribution is 2.40. The SMILES string of the molecule is [C-]#[N+]c1cnn(-c2ncccn2)c1/N=N/c1c(NC)nc(NC)nc1N1CCN(c2nc(NC)nc(NC)c2/N=N/c2c(C#N)cnn2-c2ncccn2)CC1. The second kappa shape index (κ2) is 16.2. The van der Waals surface area contributed by atoms with Crippen LogP contribution in [0.15, 0.2) is 69.8 Å². The Morgan fingerprint density at radius 1 is 0.643 bits per heavy atom. The topological polar surface area (TPSA) is 271 Å². The smallest absolute Gasteiger partial charge is 0.252 e. The van der Waals surface area contributed by atoms with Crippen LogP contribution in [0.3, 0.4) is 0 Å². The van der Waals surface area contributed by atoms with Crippen molar-refractivity contribution in [2.45, 2.75) is 0 Å². The Kier molecular flexibility index (Phi) is 10.4. The highest BCUT2D eigenvalue weighted by atomic mass is 15.4. The summed E-state index contributed by atoms with van der Waals surface area (Å²) in [5.41, 5.74) is 1.03. The first-order valence-electron chi connectivity index (χ1n) is 16.9. The monoisotopic (exact) mass is 752 g/mol. The molecule has 4 N–H and O–H groups in total. The van der Waals surface area contributed by atoms with Gasteiger partial charge in [0.05, 0.1) is 19.0 Å². The Morgan fingerprint density at radius 2 is 1.11 bits per heavy atom. The van der Waals surface area contributed by atoms with Gasteiger partial charge in [-0.3, -0.25) is 0 Å². The van der Waals surface area contributed by atoms with Gasteiger partial charge >= 0.3 is 0 Å². The zero-order valence-electron chi connectivity index (χ0n) is 30.4. The molecule has 0 amide bonds. The van der Waals surface area contributed by atoms with E-state index in [0.717, 1.165) is 0 Å². The molecule has 56 heavy (non-hydrogen) atoms. The van der Waals surface area contributed by atoms with Crippen molar-refractivity contribution < 1.29 is 0 Å². The van der Waals surface area contributed by atoms with Gasteiger partial charge in [0.25, 0.3) is 17.6 Å². The lowest BCUT2D eigenvalue weighted by molar-refractivity contribution is 0.641. The van der Waals surface area contributed by atoms with Crippen molar-refractivity contribution in [3.63, 3.8) is 0 Å². The van der Waals surface area contributed by atoms with Gasteiger partial charge in [0.2, 0.25) is 11.9 Å². The molecule has 0 atom stereocenters. The van der Waals surface area contributed by atoms with Gasteiger partial charge < -0.3 is 31.1 Å². The van der Waals surface area contributed by atoms with E-state index in [1.165, 1.54) is 21.8 Å². The molecule has 0 aromatic carbocycles. The molecule has 0 bridgehead atoms. The number of nitrogens with one attached hydrogen (secondary N) is 4. The van der Waals surface area contributed by atoms with Crippen LogP contribution in [0.5, 0.6) is 0 Å². The average Bonchev–Trinajstić information content (AvgIpc) is 3.88. The maximum Gasteiger partial charge on any atom is 0.252 e. The number of azo groups is 2. The molecular weight excluding hydrogens is 721 g/mol. The highest BCUT2D eigenvalue weighted by Gasteiger charge is 2.28. The first-order valence-corrected chi connectivity index (χ1v) is 16.9. The van der Waals surface area contributed by atoms with Crippen LogP contribution in [0.2, 0.25) is 0 Å². The maximum absolute atomic E-state index is 9.82. The van der Waals surface area contributed by atoms with Gasteiger partial charge in [-0.1, -0.05) is 0 Å². The van der Waals surface area contributed by atoms with Crippen LogP contribution in [0.25, 0.3) is 16.7 Å². The van der Waals surface area contributed by atoms with Gasteiger partial charge in [-0.15, -0.1) is 20.5 Å². The summed E-state index contributed by atoms with van der Waals surface area (Å²) in [6, 6.07) is 5.45. The van der Waals surface area contributed by atoms with E-state index in [4.69, 9.17) is 16.5 Å². The van der Waals surface area contributed by atoms with Crippen LogP contribution in [0.1, 0.15) is 5.56 Å². The molecule has 0 aliphatic carbocycles.